The van der Waals surface area contributed by atoms with Crippen LogP contribution < -0.4 is 19.8 Å². The van der Waals surface area contributed by atoms with Crippen LogP contribution in [0.2, 0.25) is 0 Å². The van der Waals surface area contributed by atoms with Gasteiger partial charge in [-0.25, -0.2) is 4.98 Å². The van der Waals surface area contributed by atoms with Crippen molar-refractivity contribution in [1.29, 1.82) is 0 Å². The van der Waals surface area contributed by atoms with Crippen LogP contribution in [-0.2, 0) is 6.61 Å². The molecule has 0 bridgehead atoms. The van der Waals surface area contributed by atoms with Gasteiger partial charge in [0, 0.05) is 16.0 Å². The molecule has 1 heterocycles. The van der Waals surface area contributed by atoms with Crippen molar-refractivity contribution in [2.45, 2.75) is 39.7 Å². The lowest BCUT2D eigenvalue weighted by atomic mass is 10.1. The van der Waals surface area contributed by atoms with Crippen LogP contribution in [0.3, 0.4) is 0 Å². The van der Waals surface area contributed by atoms with E-state index in [0.717, 1.165) is 16.5 Å². The SMILES string of the molecule is CC[C@@H](C)c1nc2ccc(Br)cc2c(=O)n1N=Cc1cc(OC)c(OCc2ccc(C)cc2)c(OC)c1. The van der Waals surface area contributed by atoms with Gasteiger partial charge in [0.2, 0.25) is 5.75 Å². The zero-order valence-electron chi connectivity index (χ0n) is 21.6. The fourth-order valence-corrected chi connectivity index (χ4v) is 4.22. The van der Waals surface area contributed by atoms with Gasteiger partial charge in [-0.2, -0.15) is 9.78 Å². The normalized spacial score (nSPS) is 12.2. The molecular formula is C29H30BrN3O4. The predicted molar refractivity (Wildman–Crippen MR) is 150 cm³/mol. The maximum Gasteiger partial charge on any atom is 0.282 e. The zero-order chi connectivity index (χ0) is 26.5. The second-order valence-corrected chi connectivity index (χ2v) is 9.75. The Morgan fingerprint density at radius 3 is 2.35 bits per heavy atom. The number of benzene rings is 3. The van der Waals surface area contributed by atoms with Crippen LogP contribution in [0.25, 0.3) is 10.9 Å². The first-order valence-electron chi connectivity index (χ1n) is 12.1. The fraction of sp³-hybridized carbons (Fsp3) is 0.276. The molecule has 3 aromatic carbocycles. The second kappa shape index (κ2) is 11.6. The lowest BCUT2D eigenvalue weighted by Gasteiger charge is -2.16. The predicted octanol–water partition coefficient (Wildman–Crippen LogP) is 6.46. The number of hydrogen-bond acceptors (Lipinski definition) is 6. The van der Waals surface area contributed by atoms with Crippen LogP contribution in [0.4, 0.5) is 0 Å². The third-order valence-corrected chi connectivity index (χ3v) is 6.69. The Balaban J connectivity index is 1.72. The summed E-state index contributed by atoms with van der Waals surface area (Å²) in [5.41, 5.74) is 3.33. The lowest BCUT2D eigenvalue weighted by molar-refractivity contribution is 0.266. The highest BCUT2D eigenvalue weighted by Crippen LogP contribution is 2.38. The topological polar surface area (TPSA) is 74.9 Å². The molecule has 0 saturated carbocycles. The van der Waals surface area contributed by atoms with Crippen molar-refractivity contribution in [3.63, 3.8) is 0 Å². The number of fused-ring (bicyclic) bond motifs is 1. The molecule has 0 fully saturated rings. The zero-order valence-corrected chi connectivity index (χ0v) is 23.2. The minimum atomic E-state index is -0.227. The minimum Gasteiger partial charge on any atom is -0.493 e. The summed E-state index contributed by atoms with van der Waals surface area (Å²) in [6.07, 6.45) is 2.42. The van der Waals surface area contributed by atoms with Gasteiger partial charge in [-0.05, 0) is 49.2 Å². The Bertz CT molecular complexity index is 1470. The molecule has 0 unspecified atom stereocenters. The standard InChI is InChI=1S/C29H30BrN3O4/c1-6-19(3)28-32-24-12-11-22(30)15-23(24)29(34)33(28)31-16-21-13-25(35-4)27(26(14-21)36-5)37-17-20-9-7-18(2)8-10-20/h7-16,19H,6,17H2,1-5H3/t19-/m1/s1. The molecule has 1 atom stereocenters. The third kappa shape index (κ3) is 5.85. The number of rotatable bonds is 9. The maximum atomic E-state index is 13.4. The van der Waals surface area contributed by atoms with Crippen LogP contribution in [0.5, 0.6) is 17.2 Å². The Hall–Kier alpha value is -3.65. The van der Waals surface area contributed by atoms with Gasteiger partial charge in [0.25, 0.3) is 5.56 Å². The smallest absolute Gasteiger partial charge is 0.282 e. The summed E-state index contributed by atoms with van der Waals surface area (Å²) in [5, 5.41) is 5.05. The Morgan fingerprint density at radius 1 is 1.05 bits per heavy atom. The van der Waals surface area contributed by atoms with E-state index in [1.165, 1.54) is 10.2 Å². The number of nitrogens with zero attached hydrogens (tertiary/aromatic N) is 3. The highest BCUT2D eigenvalue weighted by atomic mass is 79.9. The van der Waals surface area contributed by atoms with E-state index >= 15 is 0 Å². The number of aromatic nitrogens is 2. The summed E-state index contributed by atoms with van der Waals surface area (Å²) in [6, 6.07) is 17.2. The number of ether oxygens (including phenoxy) is 3. The fourth-order valence-electron chi connectivity index (χ4n) is 3.86. The molecule has 8 heteroatoms. The quantitative estimate of drug-likeness (QED) is 0.218. The van der Waals surface area contributed by atoms with E-state index in [-0.39, 0.29) is 11.5 Å². The maximum absolute atomic E-state index is 13.4. The molecule has 0 aliphatic carbocycles. The molecule has 0 radical (unpaired) electrons. The number of halogens is 1. The molecule has 37 heavy (non-hydrogen) atoms. The average molecular weight is 564 g/mol. The van der Waals surface area contributed by atoms with E-state index < -0.39 is 0 Å². The molecule has 192 valence electrons. The molecule has 0 aliphatic heterocycles. The molecule has 0 saturated heterocycles. The molecule has 0 amide bonds. The monoisotopic (exact) mass is 563 g/mol. The minimum absolute atomic E-state index is 0.0412. The van der Waals surface area contributed by atoms with Gasteiger partial charge in [-0.15, -0.1) is 0 Å². The van der Waals surface area contributed by atoms with Crippen molar-refractivity contribution in [3.05, 3.63) is 91.9 Å². The summed E-state index contributed by atoms with van der Waals surface area (Å²) in [4.78, 5) is 18.2. The number of methoxy groups -OCH3 is 2. The molecule has 4 rings (SSSR count). The molecule has 0 spiro atoms. The summed E-state index contributed by atoms with van der Waals surface area (Å²) in [5.74, 6) is 2.15. The highest BCUT2D eigenvalue weighted by molar-refractivity contribution is 9.10. The van der Waals surface area contributed by atoms with Gasteiger partial charge >= 0.3 is 0 Å². The molecule has 1 aromatic heterocycles. The van der Waals surface area contributed by atoms with Crippen LogP contribution in [0.15, 0.2) is 69.0 Å². The van der Waals surface area contributed by atoms with E-state index in [2.05, 4.69) is 28.0 Å². The van der Waals surface area contributed by atoms with Crippen molar-refractivity contribution in [1.82, 2.24) is 9.66 Å². The van der Waals surface area contributed by atoms with E-state index in [4.69, 9.17) is 19.2 Å². The molecule has 0 aliphatic rings. The molecule has 0 N–H and O–H groups in total. The third-order valence-electron chi connectivity index (χ3n) is 6.20. The van der Waals surface area contributed by atoms with Crippen molar-refractivity contribution < 1.29 is 14.2 Å². The Kier molecular flexibility index (Phi) is 8.28. The van der Waals surface area contributed by atoms with Crippen LogP contribution in [0, 0.1) is 6.92 Å². The van der Waals surface area contributed by atoms with Crippen molar-refractivity contribution >= 4 is 33.0 Å². The van der Waals surface area contributed by atoms with Crippen molar-refractivity contribution in [2.24, 2.45) is 5.10 Å². The largest absolute Gasteiger partial charge is 0.493 e. The summed E-state index contributed by atoms with van der Waals surface area (Å²) >= 11 is 3.44. The van der Waals surface area contributed by atoms with Crippen LogP contribution in [0.1, 0.15) is 48.7 Å². The number of hydrogen-bond donors (Lipinski definition) is 0. The van der Waals surface area contributed by atoms with E-state index in [9.17, 15) is 4.79 Å². The second-order valence-electron chi connectivity index (χ2n) is 8.83. The summed E-state index contributed by atoms with van der Waals surface area (Å²) in [6.45, 7) is 6.50. The first kappa shape index (κ1) is 26.4. The Morgan fingerprint density at radius 2 is 1.73 bits per heavy atom. The Labute approximate surface area is 224 Å². The van der Waals surface area contributed by atoms with Gasteiger partial charge in [-0.3, -0.25) is 4.79 Å². The van der Waals surface area contributed by atoms with E-state index in [1.54, 1.807) is 38.6 Å². The van der Waals surface area contributed by atoms with Crippen LogP contribution in [-0.4, -0.2) is 30.1 Å². The number of aryl methyl sites for hydroxylation is 1. The van der Waals surface area contributed by atoms with Crippen LogP contribution >= 0.6 is 15.9 Å². The highest BCUT2D eigenvalue weighted by Gasteiger charge is 2.17. The van der Waals surface area contributed by atoms with E-state index in [0.29, 0.717) is 46.1 Å². The van der Waals surface area contributed by atoms with Gasteiger partial charge in [0.05, 0.1) is 31.3 Å². The first-order valence-corrected chi connectivity index (χ1v) is 12.8. The lowest BCUT2D eigenvalue weighted by Crippen LogP contribution is -2.23. The van der Waals surface area contributed by atoms with E-state index in [1.807, 2.05) is 50.2 Å². The van der Waals surface area contributed by atoms with Gasteiger partial charge in [-0.1, -0.05) is 59.6 Å². The average Bonchev–Trinajstić information content (AvgIpc) is 2.91. The first-order chi connectivity index (χ1) is 17.8. The molecule has 4 aromatic rings. The molecule has 7 nitrogen and oxygen atoms in total. The van der Waals surface area contributed by atoms with Gasteiger partial charge in [0.1, 0.15) is 12.4 Å². The molecular weight excluding hydrogens is 534 g/mol. The van der Waals surface area contributed by atoms with Gasteiger partial charge < -0.3 is 14.2 Å². The summed E-state index contributed by atoms with van der Waals surface area (Å²) < 4.78 is 19.5. The summed E-state index contributed by atoms with van der Waals surface area (Å²) in [7, 11) is 3.15. The van der Waals surface area contributed by atoms with Gasteiger partial charge in [0.15, 0.2) is 11.5 Å². The van der Waals surface area contributed by atoms with Crippen molar-refractivity contribution in [2.75, 3.05) is 14.2 Å². The van der Waals surface area contributed by atoms with Crippen molar-refractivity contribution in [3.8, 4) is 17.2 Å².